The normalized spacial score (nSPS) is 16.6. The van der Waals surface area contributed by atoms with Gasteiger partial charge in [-0.05, 0) is 54.3 Å². The fourth-order valence-electron chi connectivity index (χ4n) is 2.66. The first-order chi connectivity index (χ1) is 10.0. The van der Waals surface area contributed by atoms with Crippen molar-refractivity contribution < 1.29 is 14.3 Å². The standard InChI is InChI=1S/C16H13ClFNO2/c17-10-2-4-12-9(7-10)1-5-14(12)19-16(21)13-8-11(18)3-6-15(13)20/h2-4,6-8,14,20H,1,5H2,(H,19,21)/t14-/m1/s1. The Morgan fingerprint density at radius 3 is 2.90 bits per heavy atom. The molecule has 0 heterocycles. The number of hydrogen-bond acceptors (Lipinski definition) is 2. The van der Waals surface area contributed by atoms with E-state index < -0.39 is 11.7 Å². The molecule has 1 amide bonds. The van der Waals surface area contributed by atoms with Gasteiger partial charge in [-0.15, -0.1) is 0 Å². The number of aryl methyl sites for hydroxylation is 1. The number of benzene rings is 2. The highest BCUT2D eigenvalue weighted by atomic mass is 35.5. The van der Waals surface area contributed by atoms with Gasteiger partial charge in [-0.3, -0.25) is 4.79 Å². The lowest BCUT2D eigenvalue weighted by Crippen LogP contribution is -2.27. The van der Waals surface area contributed by atoms with Crippen LogP contribution in [0.4, 0.5) is 4.39 Å². The molecule has 3 rings (SSSR count). The molecule has 3 nitrogen and oxygen atoms in total. The van der Waals surface area contributed by atoms with Crippen molar-refractivity contribution in [3.63, 3.8) is 0 Å². The highest BCUT2D eigenvalue weighted by Gasteiger charge is 2.25. The number of nitrogens with one attached hydrogen (secondary N) is 1. The Morgan fingerprint density at radius 1 is 1.29 bits per heavy atom. The monoisotopic (exact) mass is 305 g/mol. The number of aromatic hydroxyl groups is 1. The van der Waals surface area contributed by atoms with Crippen molar-refractivity contribution in [1.82, 2.24) is 5.32 Å². The van der Waals surface area contributed by atoms with Crippen LogP contribution in [0, 0.1) is 5.82 Å². The number of carbonyl (C=O) groups excluding carboxylic acids is 1. The minimum absolute atomic E-state index is 0.0580. The molecule has 0 spiro atoms. The van der Waals surface area contributed by atoms with E-state index in [1.165, 1.54) is 6.07 Å². The SMILES string of the molecule is O=C(N[C@@H]1CCc2cc(Cl)ccc21)c1cc(F)ccc1O. The van der Waals surface area contributed by atoms with E-state index in [-0.39, 0.29) is 17.4 Å². The molecule has 2 N–H and O–H groups in total. The summed E-state index contributed by atoms with van der Waals surface area (Å²) in [5.74, 6) is -1.28. The van der Waals surface area contributed by atoms with Gasteiger partial charge in [0.25, 0.3) is 5.91 Å². The van der Waals surface area contributed by atoms with Crippen LogP contribution in [0.15, 0.2) is 36.4 Å². The second kappa shape index (κ2) is 5.37. The molecule has 2 aromatic rings. The van der Waals surface area contributed by atoms with Gasteiger partial charge in [0.1, 0.15) is 11.6 Å². The van der Waals surface area contributed by atoms with Crippen LogP contribution in [0.2, 0.25) is 5.02 Å². The van der Waals surface area contributed by atoms with Crippen LogP contribution in [-0.4, -0.2) is 11.0 Å². The maximum Gasteiger partial charge on any atom is 0.255 e. The predicted molar refractivity (Wildman–Crippen MR) is 78.0 cm³/mol. The first-order valence-electron chi connectivity index (χ1n) is 6.62. The molecular weight excluding hydrogens is 293 g/mol. The molecule has 0 saturated heterocycles. The van der Waals surface area contributed by atoms with E-state index in [4.69, 9.17) is 11.6 Å². The summed E-state index contributed by atoms with van der Waals surface area (Å²) in [6.07, 6.45) is 1.59. The molecule has 0 aromatic heterocycles. The van der Waals surface area contributed by atoms with Gasteiger partial charge in [0.2, 0.25) is 0 Å². The van der Waals surface area contributed by atoms with E-state index in [0.717, 1.165) is 36.1 Å². The Labute approximate surface area is 126 Å². The van der Waals surface area contributed by atoms with Gasteiger partial charge in [0.05, 0.1) is 11.6 Å². The minimum Gasteiger partial charge on any atom is -0.507 e. The largest absolute Gasteiger partial charge is 0.507 e. The molecule has 2 aromatic carbocycles. The van der Waals surface area contributed by atoms with Crippen molar-refractivity contribution in [2.45, 2.75) is 18.9 Å². The fraction of sp³-hybridized carbons (Fsp3) is 0.188. The number of phenolic OH excluding ortho intramolecular Hbond substituents is 1. The summed E-state index contributed by atoms with van der Waals surface area (Å²) in [7, 11) is 0. The zero-order chi connectivity index (χ0) is 15.0. The molecule has 1 atom stereocenters. The number of carbonyl (C=O) groups is 1. The average Bonchev–Trinajstić information content (AvgIpc) is 2.83. The summed E-state index contributed by atoms with van der Waals surface area (Å²) in [6, 6.07) is 8.73. The van der Waals surface area contributed by atoms with Gasteiger partial charge >= 0.3 is 0 Å². The zero-order valence-corrected chi connectivity index (χ0v) is 11.8. The number of rotatable bonds is 2. The molecular formula is C16H13ClFNO2. The number of halogens is 2. The zero-order valence-electron chi connectivity index (χ0n) is 11.1. The lowest BCUT2D eigenvalue weighted by Gasteiger charge is -2.15. The highest BCUT2D eigenvalue weighted by Crippen LogP contribution is 2.33. The Bertz CT molecular complexity index is 717. The highest BCUT2D eigenvalue weighted by molar-refractivity contribution is 6.30. The lowest BCUT2D eigenvalue weighted by molar-refractivity contribution is 0.0933. The molecule has 5 heteroatoms. The summed E-state index contributed by atoms with van der Waals surface area (Å²) in [6.45, 7) is 0. The molecule has 0 saturated carbocycles. The number of fused-ring (bicyclic) bond motifs is 1. The Kier molecular flexibility index (Phi) is 3.55. The third-order valence-electron chi connectivity index (χ3n) is 3.69. The maximum absolute atomic E-state index is 13.2. The van der Waals surface area contributed by atoms with Gasteiger partial charge in [0, 0.05) is 5.02 Å². The van der Waals surface area contributed by atoms with E-state index in [1.54, 1.807) is 6.07 Å². The summed E-state index contributed by atoms with van der Waals surface area (Å²) >= 11 is 5.95. The second-order valence-electron chi connectivity index (χ2n) is 5.07. The van der Waals surface area contributed by atoms with Gasteiger partial charge in [-0.1, -0.05) is 17.7 Å². The molecule has 0 aliphatic heterocycles. The first-order valence-corrected chi connectivity index (χ1v) is 7.00. The number of amides is 1. The van der Waals surface area contributed by atoms with Crippen LogP contribution in [0.3, 0.4) is 0 Å². The van der Waals surface area contributed by atoms with Crippen LogP contribution in [0.1, 0.15) is 33.9 Å². The van der Waals surface area contributed by atoms with Crippen LogP contribution < -0.4 is 5.32 Å². The van der Waals surface area contributed by atoms with Crippen LogP contribution in [0.25, 0.3) is 0 Å². The maximum atomic E-state index is 13.2. The summed E-state index contributed by atoms with van der Waals surface area (Å²) in [5, 5.41) is 13.2. The average molecular weight is 306 g/mol. The van der Waals surface area contributed by atoms with Gasteiger partial charge in [-0.2, -0.15) is 0 Å². The Hall–Kier alpha value is -2.07. The molecule has 0 radical (unpaired) electrons. The van der Waals surface area contributed by atoms with Crippen molar-refractivity contribution in [3.8, 4) is 5.75 Å². The summed E-state index contributed by atoms with van der Waals surface area (Å²) < 4.78 is 13.2. The molecule has 0 fully saturated rings. The Balaban J connectivity index is 1.82. The third kappa shape index (κ3) is 2.72. The van der Waals surface area contributed by atoms with Crippen LogP contribution in [-0.2, 0) is 6.42 Å². The molecule has 108 valence electrons. The molecule has 0 unspecified atom stereocenters. The van der Waals surface area contributed by atoms with E-state index in [0.29, 0.717) is 5.02 Å². The molecule has 1 aliphatic carbocycles. The lowest BCUT2D eigenvalue weighted by atomic mass is 10.1. The summed E-state index contributed by atoms with van der Waals surface area (Å²) in [5.41, 5.74) is 2.07. The third-order valence-corrected chi connectivity index (χ3v) is 3.93. The predicted octanol–water partition coefficient (Wildman–Crippen LogP) is 3.60. The smallest absolute Gasteiger partial charge is 0.255 e. The van der Waals surface area contributed by atoms with Crippen molar-refractivity contribution in [1.29, 1.82) is 0 Å². The molecule has 21 heavy (non-hydrogen) atoms. The quantitative estimate of drug-likeness (QED) is 0.890. The minimum atomic E-state index is -0.559. The Morgan fingerprint density at radius 2 is 2.10 bits per heavy atom. The van der Waals surface area contributed by atoms with E-state index in [1.807, 2.05) is 12.1 Å². The van der Waals surface area contributed by atoms with Gasteiger partial charge in [0.15, 0.2) is 0 Å². The second-order valence-corrected chi connectivity index (χ2v) is 5.51. The van der Waals surface area contributed by atoms with Crippen LogP contribution in [0.5, 0.6) is 5.75 Å². The van der Waals surface area contributed by atoms with Crippen molar-refractivity contribution >= 4 is 17.5 Å². The molecule has 1 aliphatic rings. The van der Waals surface area contributed by atoms with Crippen LogP contribution >= 0.6 is 11.6 Å². The first kappa shape index (κ1) is 13.9. The fourth-order valence-corrected chi connectivity index (χ4v) is 2.86. The van der Waals surface area contributed by atoms with Crippen molar-refractivity contribution in [2.24, 2.45) is 0 Å². The topological polar surface area (TPSA) is 49.3 Å². The van der Waals surface area contributed by atoms with Crippen molar-refractivity contribution in [3.05, 3.63) is 63.9 Å². The number of phenols is 1. The van der Waals surface area contributed by atoms with Crippen molar-refractivity contribution in [2.75, 3.05) is 0 Å². The molecule has 0 bridgehead atoms. The van der Waals surface area contributed by atoms with E-state index >= 15 is 0 Å². The van der Waals surface area contributed by atoms with Gasteiger partial charge < -0.3 is 10.4 Å². The number of hydrogen-bond donors (Lipinski definition) is 2. The summed E-state index contributed by atoms with van der Waals surface area (Å²) in [4.78, 5) is 12.2. The van der Waals surface area contributed by atoms with E-state index in [9.17, 15) is 14.3 Å². The van der Waals surface area contributed by atoms with Gasteiger partial charge in [-0.25, -0.2) is 4.39 Å². The van der Waals surface area contributed by atoms with E-state index in [2.05, 4.69) is 5.32 Å².